The molecule has 0 aliphatic carbocycles. The first-order valence-corrected chi connectivity index (χ1v) is 21.6. The second-order valence-corrected chi connectivity index (χ2v) is 15.5. The van der Waals surface area contributed by atoms with Crippen molar-refractivity contribution in [3.05, 3.63) is 60.2 Å². The molecule has 53 heavy (non-hydrogen) atoms. The van der Waals surface area contributed by atoms with Crippen molar-refractivity contribution in [2.75, 3.05) is 49.1 Å². The van der Waals surface area contributed by atoms with Gasteiger partial charge in [0.05, 0.1) is 6.61 Å². The van der Waals surface area contributed by atoms with Crippen LogP contribution in [0, 0.1) is 0 Å². The second-order valence-electron chi connectivity index (χ2n) is 15.5. The van der Waals surface area contributed by atoms with Gasteiger partial charge in [-0.15, -0.1) is 0 Å². The minimum atomic E-state index is -0.139. The lowest BCUT2D eigenvalue weighted by atomic mass is 10.0. The number of fused-ring (bicyclic) bond motifs is 2. The van der Waals surface area contributed by atoms with Crippen LogP contribution < -0.4 is 14.5 Å². The highest BCUT2D eigenvalue weighted by molar-refractivity contribution is 6.15. The number of benzene rings is 2. The summed E-state index contributed by atoms with van der Waals surface area (Å²) in [5, 5.41) is 2.63. The number of pyridine rings is 1. The molecule has 5 rings (SSSR count). The predicted octanol–water partition coefficient (Wildman–Crippen LogP) is 11.1. The zero-order valence-electron chi connectivity index (χ0n) is 33.0. The van der Waals surface area contributed by atoms with E-state index in [9.17, 15) is 9.59 Å². The summed E-state index contributed by atoms with van der Waals surface area (Å²) in [4.78, 5) is 37.3. The van der Waals surface area contributed by atoms with Gasteiger partial charge in [-0.05, 0) is 55.3 Å². The van der Waals surface area contributed by atoms with Crippen LogP contribution >= 0.6 is 0 Å². The Hall–Kier alpha value is -3.45. The molecule has 0 saturated carbocycles. The number of aromatic nitrogens is 1. The van der Waals surface area contributed by atoms with Crippen molar-refractivity contribution in [1.29, 1.82) is 0 Å². The average molecular weight is 725 g/mol. The smallest absolute Gasteiger partial charge is 0.235 e. The average Bonchev–Trinajstić information content (AvgIpc) is 3.18. The van der Waals surface area contributed by atoms with E-state index in [-0.39, 0.29) is 11.8 Å². The summed E-state index contributed by atoms with van der Waals surface area (Å²) in [6.45, 7) is 8.11. The van der Waals surface area contributed by atoms with Crippen molar-refractivity contribution in [2.24, 2.45) is 0 Å². The van der Waals surface area contributed by atoms with Gasteiger partial charge < -0.3 is 9.64 Å². The Bertz CT molecular complexity index is 1510. The van der Waals surface area contributed by atoms with E-state index in [1.807, 2.05) is 12.1 Å². The van der Waals surface area contributed by atoms with Gasteiger partial charge in [-0.2, -0.15) is 4.98 Å². The maximum absolute atomic E-state index is 13.3. The van der Waals surface area contributed by atoms with Gasteiger partial charge in [0.2, 0.25) is 17.7 Å². The fourth-order valence-electron chi connectivity index (χ4n) is 8.08. The quantitative estimate of drug-likeness (QED) is 0.0811. The lowest BCUT2D eigenvalue weighted by Crippen LogP contribution is -2.46. The molecule has 290 valence electrons. The molecule has 0 bridgehead atoms. The van der Waals surface area contributed by atoms with Crippen molar-refractivity contribution in [3.8, 4) is 5.88 Å². The molecule has 2 amide bonds. The van der Waals surface area contributed by atoms with Crippen LogP contribution in [0.2, 0.25) is 0 Å². The monoisotopic (exact) mass is 725 g/mol. The topological polar surface area (TPSA) is 66.0 Å². The number of aryl methyl sites for hydroxylation is 1. The first-order chi connectivity index (χ1) is 26.1. The number of nitrogens with zero attached hydrogens (tertiary/aromatic N) is 4. The van der Waals surface area contributed by atoms with E-state index < -0.39 is 0 Å². The number of carbonyl (C=O) groups is 2. The van der Waals surface area contributed by atoms with E-state index in [1.165, 1.54) is 111 Å². The first kappa shape index (κ1) is 40.7. The maximum atomic E-state index is 13.3. The minimum Gasteiger partial charge on any atom is -0.478 e. The standard InChI is InChI=1S/C46H68N4O3/c1-2-3-4-5-6-7-8-9-10-11-12-13-14-15-16-17-18-28-44(51)50-45(52)32-30-40-29-31-43(47-46(40)50)53-38-22-21-33-48-34-36-49(37-35-48)42-27-23-25-39-24-19-20-26-41(39)42/h19-20,23-27,29,31H,2-18,21-22,28,30,32-38H2,1H3. The third kappa shape index (κ3) is 13.4. The van der Waals surface area contributed by atoms with Crippen molar-refractivity contribution >= 4 is 34.1 Å². The lowest BCUT2D eigenvalue weighted by molar-refractivity contribution is -0.127. The molecular formula is C46H68N4O3. The highest BCUT2D eigenvalue weighted by Crippen LogP contribution is 2.30. The highest BCUT2D eigenvalue weighted by atomic mass is 16.5. The summed E-state index contributed by atoms with van der Waals surface area (Å²) in [6, 6.07) is 19.1. The predicted molar refractivity (Wildman–Crippen MR) is 221 cm³/mol. The van der Waals surface area contributed by atoms with Gasteiger partial charge in [0.25, 0.3) is 0 Å². The molecular weight excluding hydrogens is 657 g/mol. The molecule has 2 aromatic carbocycles. The number of anilines is 2. The number of amides is 2. The third-order valence-corrected chi connectivity index (χ3v) is 11.3. The van der Waals surface area contributed by atoms with Crippen LogP contribution in [0.15, 0.2) is 54.6 Å². The summed E-state index contributed by atoms with van der Waals surface area (Å²) in [7, 11) is 0. The van der Waals surface area contributed by atoms with Crippen LogP contribution in [0.3, 0.4) is 0 Å². The van der Waals surface area contributed by atoms with Crippen LogP contribution in [0.25, 0.3) is 10.8 Å². The molecule has 3 heterocycles. The molecule has 0 atom stereocenters. The van der Waals surface area contributed by atoms with Gasteiger partial charge >= 0.3 is 0 Å². The second kappa shape index (κ2) is 23.4. The maximum Gasteiger partial charge on any atom is 0.235 e. The van der Waals surface area contributed by atoms with Crippen molar-refractivity contribution in [3.63, 3.8) is 0 Å². The molecule has 0 N–H and O–H groups in total. The highest BCUT2D eigenvalue weighted by Gasteiger charge is 2.31. The Morgan fingerprint density at radius 2 is 1.28 bits per heavy atom. The molecule has 0 radical (unpaired) electrons. The van der Waals surface area contributed by atoms with Gasteiger partial charge in [0.1, 0.15) is 5.82 Å². The van der Waals surface area contributed by atoms with Gasteiger partial charge in [-0.3, -0.25) is 14.5 Å². The Morgan fingerprint density at radius 3 is 1.96 bits per heavy atom. The fourth-order valence-corrected chi connectivity index (χ4v) is 8.08. The van der Waals surface area contributed by atoms with Gasteiger partial charge in [-0.1, -0.05) is 146 Å². The summed E-state index contributed by atoms with van der Waals surface area (Å²) in [6.07, 6.45) is 25.6. The number of ether oxygens (including phenoxy) is 1. The van der Waals surface area contributed by atoms with Gasteiger partial charge in [0.15, 0.2) is 0 Å². The van der Waals surface area contributed by atoms with Gasteiger partial charge in [0, 0.05) is 56.2 Å². The zero-order valence-corrected chi connectivity index (χ0v) is 33.0. The number of imide groups is 1. The van der Waals surface area contributed by atoms with E-state index in [1.54, 1.807) is 0 Å². The van der Waals surface area contributed by atoms with E-state index in [2.05, 4.69) is 64.2 Å². The Labute approximate surface area is 320 Å². The minimum absolute atomic E-state index is 0.123. The Kier molecular flexibility index (Phi) is 18.0. The van der Waals surface area contributed by atoms with Crippen LogP contribution in [-0.2, 0) is 16.0 Å². The van der Waals surface area contributed by atoms with E-state index in [0.717, 1.165) is 70.4 Å². The Balaban J connectivity index is 0.915. The van der Waals surface area contributed by atoms with E-state index >= 15 is 0 Å². The Morgan fingerprint density at radius 1 is 0.660 bits per heavy atom. The molecule has 2 aliphatic heterocycles. The normalized spacial score (nSPS) is 14.9. The van der Waals surface area contributed by atoms with Crippen molar-refractivity contribution in [2.45, 2.75) is 148 Å². The summed E-state index contributed by atoms with van der Waals surface area (Å²) >= 11 is 0. The fraction of sp³-hybridized carbons (Fsp3) is 0.630. The molecule has 1 saturated heterocycles. The summed E-state index contributed by atoms with van der Waals surface area (Å²) in [5.74, 6) is 0.722. The largest absolute Gasteiger partial charge is 0.478 e. The summed E-state index contributed by atoms with van der Waals surface area (Å²) in [5.41, 5.74) is 2.29. The molecule has 1 aromatic heterocycles. The molecule has 2 aliphatic rings. The number of unbranched alkanes of at least 4 members (excludes halogenated alkanes) is 17. The van der Waals surface area contributed by atoms with Crippen LogP contribution in [0.4, 0.5) is 11.5 Å². The summed E-state index contributed by atoms with van der Waals surface area (Å²) < 4.78 is 6.05. The molecule has 0 unspecified atom stereocenters. The number of rotatable bonds is 25. The first-order valence-electron chi connectivity index (χ1n) is 21.6. The van der Waals surface area contributed by atoms with E-state index in [4.69, 9.17) is 4.74 Å². The third-order valence-electron chi connectivity index (χ3n) is 11.3. The van der Waals surface area contributed by atoms with Crippen molar-refractivity contribution in [1.82, 2.24) is 9.88 Å². The molecule has 7 heteroatoms. The number of hydrogen-bond acceptors (Lipinski definition) is 6. The molecule has 0 spiro atoms. The number of hydrogen-bond donors (Lipinski definition) is 0. The molecule has 1 fully saturated rings. The molecule has 7 nitrogen and oxygen atoms in total. The molecule has 3 aromatic rings. The van der Waals surface area contributed by atoms with Crippen LogP contribution in [0.5, 0.6) is 5.88 Å². The SMILES string of the molecule is CCCCCCCCCCCCCCCCCCCC(=O)N1C(=O)CCc2ccc(OCCCCN3CCN(c4cccc5ccccc45)CC3)nc21. The number of carbonyl (C=O) groups excluding carboxylic acids is 2. The van der Waals surface area contributed by atoms with Crippen LogP contribution in [-0.4, -0.2) is 61.0 Å². The van der Waals surface area contributed by atoms with Crippen molar-refractivity contribution < 1.29 is 14.3 Å². The van der Waals surface area contributed by atoms with Crippen LogP contribution in [0.1, 0.15) is 147 Å². The van der Waals surface area contributed by atoms with E-state index in [0.29, 0.717) is 37.6 Å². The number of piperazine rings is 1. The zero-order chi connectivity index (χ0) is 36.9. The van der Waals surface area contributed by atoms with Gasteiger partial charge in [-0.25, -0.2) is 4.90 Å². The lowest BCUT2D eigenvalue weighted by Gasteiger charge is -2.36.